The lowest BCUT2D eigenvalue weighted by Crippen LogP contribution is -2.38. The lowest BCUT2D eigenvalue weighted by atomic mass is 10.1. The van der Waals surface area contributed by atoms with Crippen LogP contribution in [0.3, 0.4) is 0 Å². The summed E-state index contributed by atoms with van der Waals surface area (Å²) in [5, 5.41) is 0. The van der Waals surface area contributed by atoms with Crippen molar-refractivity contribution in [3.05, 3.63) is 30.1 Å². The minimum absolute atomic E-state index is 0.264. The Bertz CT molecular complexity index is 263. The number of hydrogen-bond acceptors (Lipinski definition) is 2. The van der Waals surface area contributed by atoms with Gasteiger partial charge in [-0.2, -0.15) is 0 Å². The summed E-state index contributed by atoms with van der Waals surface area (Å²) in [5.41, 5.74) is 5.35. The van der Waals surface area contributed by atoms with Crippen LogP contribution in [0.25, 0.3) is 0 Å². The monoisotopic (exact) mass is 183 g/mol. The van der Waals surface area contributed by atoms with Gasteiger partial charge < -0.3 is 10.5 Å². The summed E-state index contributed by atoms with van der Waals surface area (Å²) >= 11 is 0. The molecule has 0 aliphatic carbocycles. The molecule has 0 spiro atoms. The van der Waals surface area contributed by atoms with Gasteiger partial charge in [-0.15, -0.1) is 0 Å². The van der Waals surface area contributed by atoms with E-state index in [9.17, 15) is 4.39 Å². The first kappa shape index (κ1) is 9.99. The van der Waals surface area contributed by atoms with Crippen LogP contribution in [0.4, 0.5) is 4.39 Å². The quantitative estimate of drug-likeness (QED) is 0.777. The Morgan fingerprint density at radius 1 is 1.31 bits per heavy atom. The molecule has 0 unspecified atom stereocenters. The van der Waals surface area contributed by atoms with Crippen LogP contribution in [-0.4, -0.2) is 12.1 Å². The van der Waals surface area contributed by atoms with E-state index in [1.54, 1.807) is 12.1 Å². The Labute approximate surface area is 77.5 Å². The van der Waals surface area contributed by atoms with Gasteiger partial charge in [0.1, 0.15) is 18.2 Å². The van der Waals surface area contributed by atoms with Crippen molar-refractivity contribution in [3.8, 4) is 5.75 Å². The maximum absolute atomic E-state index is 12.5. The highest BCUT2D eigenvalue weighted by Crippen LogP contribution is 2.12. The lowest BCUT2D eigenvalue weighted by Gasteiger charge is -2.18. The number of benzene rings is 1. The van der Waals surface area contributed by atoms with Crippen LogP contribution < -0.4 is 10.5 Å². The van der Waals surface area contributed by atoms with Gasteiger partial charge >= 0.3 is 0 Å². The molecule has 0 bridgehead atoms. The number of rotatable bonds is 3. The average molecular weight is 183 g/mol. The van der Waals surface area contributed by atoms with E-state index in [-0.39, 0.29) is 11.4 Å². The van der Waals surface area contributed by atoms with Gasteiger partial charge in [-0.1, -0.05) is 0 Å². The molecule has 0 heterocycles. The molecule has 0 aliphatic rings. The maximum Gasteiger partial charge on any atom is 0.123 e. The molecule has 1 rings (SSSR count). The maximum atomic E-state index is 12.5. The highest BCUT2D eigenvalue weighted by atomic mass is 19.1. The molecule has 0 radical (unpaired) electrons. The molecule has 0 fully saturated rings. The first-order valence-electron chi connectivity index (χ1n) is 4.15. The summed E-state index contributed by atoms with van der Waals surface area (Å²) < 4.78 is 17.8. The third-order valence-corrected chi connectivity index (χ3v) is 1.42. The molecule has 72 valence electrons. The van der Waals surface area contributed by atoms with Gasteiger partial charge in [0.05, 0.1) is 0 Å². The second kappa shape index (κ2) is 3.75. The Balaban J connectivity index is 2.51. The van der Waals surface area contributed by atoms with Crippen molar-refractivity contribution in [2.75, 3.05) is 6.61 Å². The highest BCUT2D eigenvalue weighted by Gasteiger charge is 2.10. The van der Waals surface area contributed by atoms with Gasteiger partial charge in [0.15, 0.2) is 0 Å². The van der Waals surface area contributed by atoms with Gasteiger partial charge in [0.25, 0.3) is 0 Å². The first-order valence-corrected chi connectivity index (χ1v) is 4.15. The smallest absolute Gasteiger partial charge is 0.123 e. The highest BCUT2D eigenvalue weighted by molar-refractivity contribution is 5.22. The van der Waals surface area contributed by atoms with Crippen LogP contribution in [0.1, 0.15) is 13.8 Å². The Kier molecular flexibility index (Phi) is 2.88. The summed E-state index contributed by atoms with van der Waals surface area (Å²) in [6, 6.07) is 5.89. The minimum atomic E-state index is -0.367. The van der Waals surface area contributed by atoms with E-state index in [1.165, 1.54) is 12.1 Å². The molecule has 0 atom stereocenters. The zero-order valence-corrected chi connectivity index (χ0v) is 7.88. The van der Waals surface area contributed by atoms with Gasteiger partial charge in [0.2, 0.25) is 0 Å². The lowest BCUT2D eigenvalue weighted by molar-refractivity contribution is 0.243. The number of hydrogen-bond donors (Lipinski definition) is 1. The van der Waals surface area contributed by atoms with E-state index < -0.39 is 0 Å². The predicted molar refractivity (Wildman–Crippen MR) is 50.2 cm³/mol. The molecule has 1 aromatic carbocycles. The van der Waals surface area contributed by atoms with E-state index in [0.29, 0.717) is 12.4 Å². The third kappa shape index (κ3) is 3.90. The fraction of sp³-hybridized carbons (Fsp3) is 0.400. The van der Waals surface area contributed by atoms with Crippen LogP contribution in [0.5, 0.6) is 5.75 Å². The van der Waals surface area contributed by atoms with Gasteiger partial charge in [-0.05, 0) is 38.1 Å². The Hall–Kier alpha value is -1.09. The van der Waals surface area contributed by atoms with Crippen LogP contribution in [-0.2, 0) is 0 Å². The second-order valence-corrected chi connectivity index (χ2v) is 3.73. The zero-order valence-electron chi connectivity index (χ0n) is 7.88. The Morgan fingerprint density at radius 2 is 1.85 bits per heavy atom. The molecule has 0 saturated carbocycles. The largest absolute Gasteiger partial charge is 0.492 e. The van der Waals surface area contributed by atoms with Crippen molar-refractivity contribution in [1.29, 1.82) is 0 Å². The molecule has 3 heteroatoms. The van der Waals surface area contributed by atoms with Crippen LogP contribution in [0, 0.1) is 5.82 Å². The molecule has 2 N–H and O–H groups in total. The zero-order chi connectivity index (χ0) is 9.90. The summed E-state index contributed by atoms with van der Waals surface area (Å²) in [6.45, 7) is 4.16. The Morgan fingerprint density at radius 3 is 2.31 bits per heavy atom. The van der Waals surface area contributed by atoms with Crippen molar-refractivity contribution >= 4 is 0 Å². The molecular weight excluding hydrogens is 169 g/mol. The molecule has 1 aromatic rings. The summed E-state index contributed by atoms with van der Waals surface area (Å²) in [4.78, 5) is 0. The second-order valence-electron chi connectivity index (χ2n) is 3.73. The van der Waals surface area contributed by atoms with Crippen molar-refractivity contribution in [3.63, 3.8) is 0 Å². The van der Waals surface area contributed by atoms with Crippen LogP contribution in [0.2, 0.25) is 0 Å². The fourth-order valence-corrected chi connectivity index (χ4v) is 0.800. The first-order chi connectivity index (χ1) is 5.97. The topological polar surface area (TPSA) is 35.2 Å². The van der Waals surface area contributed by atoms with E-state index in [0.717, 1.165) is 0 Å². The van der Waals surface area contributed by atoms with Crippen molar-refractivity contribution in [1.82, 2.24) is 0 Å². The minimum Gasteiger partial charge on any atom is -0.492 e. The molecule has 0 aromatic heterocycles. The predicted octanol–water partition coefficient (Wildman–Crippen LogP) is 1.94. The molecule has 2 nitrogen and oxygen atoms in total. The van der Waals surface area contributed by atoms with E-state index in [2.05, 4.69) is 0 Å². The van der Waals surface area contributed by atoms with E-state index in [4.69, 9.17) is 10.5 Å². The van der Waals surface area contributed by atoms with Crippen molar-refractivity contribution in [2.45, 2.75) is 19.4 Å². The molecular formula is C10H14FNO. The average Bonchev–Trinajstić information content (AvgIpc) is 2.02. The van der Waals surface area contributed by atoms with Gasteiger partial charge in [0, 0.05) is 5.54 Å². The van der Waals surface area contributed by atoms with Gasteiger partial charge in [-0.25, -0.2) is 4.39 Å². The number of nitrogens with two attached hydrogens (primary N) is 1. The SMILES string of the molecule is CC(C)(N)COc1ccc(F)cc1. The number of ether oxygens (including phenoxy) is 1. The molecule has 13 heavy (non-hydrogen) atoms. The van der Waals surface area contributed by atoms with E-state index in [1.807, 2.05) is 13.8 Å². The van der Waals surface area contributed by atoms with Crippen molar-refractivity contribution in [2.24, 2.45) is 5.73 Å². The van der Waals surface area contributed by atoms with Crippen molar-refractivity contribution < 1.29 is 9.13 Å². The fourth-order valence-electron chi connectivity index (χ4n) is 0.800. The standard InChI is InChI=1S/C10H14FNO/c1-10(2,12)7-13-9-5-3-8(11)4-6-9/h3-6H,7,12H2,1-2H3. The summed E-state index contributed by atoms with van der Waals surface area (Å²) in [6.07, 6.45) is 0. The summed E-state index contributed by atoms with van der Waals surface area (Å²) in [7, 11) is 0. The molecule has 0 saturated heterocycles. The normalized spacial score (nSPS) is 11.4. The van der Waals surface area contributed by atoms with Crippen LogP contribution >= 0.6 is 0 Å². The van der Waals surface area contributed by atoms with E-state index >= 15 is 0 Å². The molecule has 0 aliphatic heterocycles. The summed E-state index contributed by atoms with van der Waals surface area (Å²) in [5.74, 6) is 0.374. The number of halogens is 1. The van der Waals surface area contributed by atoms with Gasteiger partial charge in [-0.3, -0.25) is 0 Å². The third-order valence-electron chi connectivity index (χ3n) is 1.42. The van der Waals surface area contributed by atoms with Crippen LogP contribution in [0.15, 0.2) is 24.3 Å². The molecule has 0 amide bonds.